The van der Waals surface area contributed by atoms with Crippen molar-refractivity contribution in [2.24, 2.45) is 0 Å². The third-order valence-corrected chi connectivity index (χ3v) is 1.28. The van der Waals surface area contributed by atoms with Crippen LogP contribution in [0.15, 0.2) is 18.6 Å². The van der Waals surface area contributed by atoms with Crippen molar-refractivity contribution in [3.63, 3.8) is 0 Å². The van der Waals surface area contributed by atoms with Gasteiger partial charge in [-0.05, 0) is 6.92 Å². The van der Waals surface area contributed by atoms with Gasteiger partial charge in [-0.3, -0.25) is 9.97 Å². The predicted octanol–water partition coefficient (Wildman–Crippen LogP) is 1.21. The SMILES string of the molecule is C#C[C@H](C)c1cnccn1. The fraction of sp³-hybridized carbons (Fsp3) is 0.250. The van der Waals surface area contributed by atoms with Crippen LogP contribution in [0.25, 0.3) is 0 Å². The minimum atomic E-state index is 0.0636. The van der Waals surface area contributed by atoms with Crippen molar-refractivity contribution in [3.05, 3.63) is 24.3 Å². The van der Waals surface area contributed by atoms with E-state index in [1.54, 1.807) is 18.6 Å². The molecular formula is C8H8N2. The molecule has 1 rings (SSSR count). The van der Waals surface area contributed by atoms with Crippen LogP contribution >= 0.6 is 0 Å². The van der Waals surface area contributed by atoms with Crippen LogP contribution in [0, 0.1) is 12.3 Å². The zero-order chi connectivity index (χ0) is 7.40. The molecule has 0 aliphatic rings. The van der Waals surface area contributed by atoms with Gasteiger partial charge in [-0.15, -0.1) is 6.42 Å². The Hall–Kier alpha value is -1.36. The molecule has 1 heterocycles. The average Bonchev–Trinajstić information content (AvgIpc) is 2.05. The molecule has 0 aliphatic carbocycles. The lowest BCUT2D eigenvalue weighted by atomic mass is 10.1. The van der Waals surface area contributed by atoms with Crippen LogP contribution in [0.1, 0.15) is 18.5 Å². The molecule has 0 amide bonds. The Bertz CT molecular complexity index is 235. The minimum absolute atomic E-state index is 0.0636. The number of aromatic nitrogens is 2. The number of terminal acetylenes is 1. The van der Waals surface area contributed by atoms with E-state index in [4.69, 9.17) is 6.42 Å². The van der Waals surface area contributed by atoms with E-state index in [2.05, 4.69) is 15.9 Å². The molecule has 0 spiro atoms. The Balaban J connectivity index is 2.88. The van der Waals surface area contributed by atoms with Gasteiger partial charge in [0, 0.05) is 18.6 Å². The van der Waals surface area contributed by atoms with E-state index in [0.29, 0.717) is 0 Å². The van der Waals surface area contributed by atoms with Crippen molar-refractivity contribution in [3.8, 4) is 12.3 Å². The van der Waals surface area contributed by atoms with Crippen LogP contribution in [0.4, 0.5) is 0 Å². The monoisotopic (exact) mass is 132 g/mol. The fourth-order valence-electron chi connectivity index (χ4n) is 0.620. The van der Waals surface area contributed by atoms with Crippen LogP contribution in [0.2, 0.25) is 0 Å². The van der Waals surface area contributed by atoms with Gasteiger partial charge in [-0.25, -0.2) is 0 Å². The Morgan fingerprint density at radius 1 is 1.60 bits per heavy atom. The molecule has 2 heteroatoms. The van der Waals surface area contributed by atoms with Gasteiger partial charge >= 0.3 is 0 Å². The molecule has 1 aromatic rings. The Morgan fingerprint density at radius 2 is 2.40 bits per heavy atom. The maximum Gasteiger partial charge on any atom is 0.0733 e. The summed E-state index contributed by atoms with van der Waals surface area (Å²) in [5.74, 6) is 2.64. The second-order valence-corrected chi connectivity index (χ2v) is 2.02. The molecule has 10 heavy (non-hydrogen) atoms. The Kier molecular flexibility index (Phi) is 2.01. The molecule has 2 nitrogen and oxygen atoms in total. The summed E-state index contributed by atoms with van der Waals surface area (Å²) in [7, 11) is 0. The van der Waals surface area contributed by atoms with Gasteiger partial charge in [-0.1, -0.05) is 5.92 Å². The largest absolute Gasteiger partial charge is 0.261 e. The third kappa shape index (κ3) is 1.32. The van der Waals surface area contributed by atoms with Gasteiger partial charge in [0.2, 0.25) is 0 Å². The van der Waals surface area contributed by atoms with Gasteiger partial charge in [0.25, 0.3) is 0 Å². The zero-order valence-corrected chi connectivity index (χ0v) is 5.78. The molecule has 0 bridgehead atoms. The van der Waals surface area contributed by atoms with Crippen LogP contribution in [0.3, 0.4) is 0 Å². The molecule has 0 N–H and O–H groups in total. The topological polar surface area (TPSA) is 25.8 Å². The van der Waals surface area contributed by atoms with Crippen molar-refractivity contribution in [1.82, 2.24) is 9.97 Å². The summed E-state index contributed by atoms with van der Waals surface area (Å²) in [6.45, 7) is 1.92. The summed E-state index contributed by atoms with van der Waals surface area (Å²) in [6.07, 6.45) is 10.1. The summed E-state index contributed by atoms with van der Waals surface area (Å²) in [5, 5.41) is 0. The van der Waals surface area contributed by atoms with Crippen LogP contribution in [-0.4, -0.2) is 9.97 Å². The maximum atomic E-state index is 5.19. The second kappa shape index (κ2) is 2.98. The van der Waals surface area contributed by atoms with E-state index >= 15 is 0 Å². The molecule has 0 aromatic carbocycles. The van der Waals surface area contributed by atoms with Crippen molar-refractivity contribution in [2.45, 2.75) is 12.8 Å². The highest BCUT2D eigenvalue weighted by Crippen LogP contribution is 2.07. The molecule has 1 aromatic heterocycles. The molecular weight excluding hydrogens is 124 g/mol. The standard InChI is InChI=1S/C8H8N2/c1-3-7(2)8-6-9-4-5-10-8/h1,4-7H,2H3/t7-/m0/s1. The quantitative estimate of drug-likeness (QED) is 0.537. The van der Waals surface area contributed by atoms with E-state index in [-0.39, 0.29) is 5.92 Å². The lowest BCUT2D eigenvalue weighted by Crippen LogP contribution is -1.93. The number of hydrogen-bond donors (Lipinski definition) is 0. The van der Waals surface area contributed by atoms with Gasteiger partial charge < -0.3 is 0 Å². The van der Waals surface area contributed by atoms with Gasteiger partial charge in [0.1, 0.15) is 0 Å². The first kappa shape index (κ1) is 6.76. The lowest BCUT2D eigenvalue weighted by Gasteiger charge is -1.99. The van der Waals surface area contributed by atoms with Crippen molar-refractivity contribution in [1.29, 1.82) is 0 Å². The number of rotatable bonds is 1. The molecule has 0 fully saturated rings. The van der Waals surface area contributed by atoms with Crippen LogP contribution < -0.4 is 0 Å². The summed E-state index contributed by atoms with van der Waals surface area (Å²) < 4.78 is 0. The van der Waals surface area contributed by atoms with E-state index < -0.39 is 0 Å². The highest BCUT2D eigenvalue weighted by Gasteiger charge is 1.99. The first-order chi connectivity index (χ1) is 4.84. The van der Waals surface area contributed by atoms with Crippen molar-refractivity contribution >= 4 is 0 Å². The van der Waals surface area contributed by atoms with E-state index in [1.807, 2.05) is 6.92 Å². The zero-order valence-electron chi connectivity index (χ0n) is 5.78. The summed E-state index contributed by atoms with van der Waals surface area (Å²) >= 11 is 0. The van der Waals surface area contributed by atoms with E-state index in [0.717, 1.165) is 5.69 Å². The van der Waals surface area contributed by atoms with E-state index in [1.165, 1.54) is 0 Å². The highest BCUT2D eigenvalue weighted by atomic mass is 14.8. The Morgan fingerprint density at radius 3 is 2.90 bits per heavy atom. The molecule has 0 radical (unpaired) electrons. The Labute approximate surface area is 60.3 Å². The number of hydrogen-bond acceptors (Lipinski definition) is 2. The van der Waals surface area contributed by atoms with Crippen molar-refractivity contribution < 1.29 is 0 Å². The smallest absolute Gasteiger partial charge is 0.0733 e. The molecule has 1 atom stereocenters. The second-order valence-electron chi connectivity index (χ2n) is 2.02. The van der Waals surface area contributed by atoms with Gasteiger partial charge in [0.15, 0.2) is 0 Å². The van der Waals surface area contributed by atoms with Crippen LogP contribution in [0.5, 0.6) is 0 Å². The predicted molar refractivity (Wildman–Crippen MR) is 39.3 cm³/mol. The van der Waals surface area contributed by atoms with Crippen molar-refractivity contribution in [2.75, 3.05) is 0 Å². The average molecular weight is 132 g/mol. The first-order valence-electron chi connectivity index (χ1n) is 3.06. The normalized spacial score (nSPS) is 12.0. The molecule has 0 aliphatic heterocycles. The lowest BCUT2D eigenvalue weighted by molar-refractivity contribution is 0.916. The molecule has 0 saturated carbocycles. The van der Waals surface area contributed by atoms with Crippen LogP contribution in [-0.2, 0) is 0 Å². The summed E-state index contributed by atoms with van der Waals surface area (Å²) in [4.78, 5) is 7.94. The highest BCUT2D eigenvalue weighted by molar-refractivity contribution is 5.13. The minimum Gasteiger partial charge on any atom is -0.261 e. The van der Waals surface area contributed by atoms with Gasteiger partial charge in [0.05, 0.1) is 11.6 Å². The molecule has 50 valence electrons. The van der Waals surface area contributed by atoms with E-state index in [9.17, 15) is 0 Å². The number of nitrogens with zero attached hydrogens (tertiary/aromatic N) is 2. The molecule has 0 unspecified atom stereocenters. The third-order valence-electron chi connectivity index (χ3n) is 1.28. The summed E-state index contributed by atoms with van der Waals surface area (Å²) in [6, 6.07) is 0. The fourth-order valence-corrected chi connectivity index (χ4v) is 0.620. The maximum absolute atomic E-state index is 5.19. The molecule has 0 saturated heterocycles. The first-order valence-corrected chi connectivity index (χ1v) is 3.06. The summed E-state index contributed by atoms with van der Waals surface area (Å²) in [5.41, 5.74) is 0.852. The van der Waals surface area contributed by atoms with Gasteiger partial charge in [-0.2, -0.15) is 0 Å².